The molecule has 1 spiro atoms. The van der Waals surface area contributed by atoms with E-state index in [4.69, 9.17) is 14.2 Å². The average molecular weight is 809 g/mol. The molecule has 2 aromatic carbocycles. The number of aromatic nitrogens is 1. The summed E-state index contributed by atoms with van der Waals surface area (Å²) < 4.78 is 17.9. The molecular formula is C47H60N4O8. The van der Waals surface area contributed by atoms with Crippen LogP contribution in [0.15, 0.2) is 48.6 Å². The molecule has 1 saturated carbocycles. The third-order valence-electron chi connectivity index (χ3n) is 16.1. The van der Waals surface area contributed by atoms with Gasteiger partial charge >= 0.3 is 11.9 Å². The molecule has 9 rings (SSSR count). The molecule has 6 heterocycles. The summed E-state index contributed by atoms with van der Waals surface area (Å²) in [6.07, 6.45) is 7.66. The number of ketones is 1. The molecule has 3 N–H and O–H groups in total. The summed E-state index contributed by atoms with van der Waals surface area (Å²) >= 11 is 0. The van der Waals surface area contributed by atoms with Gasteiger partial charge in [-0.15, -0.1) is 0 Å². The number of H-pyrrole nitrogens is 1. The highest BCUT2D eigenvalue weighted by Crippen LogP contribution is 2.70. The lowest BCUT2D eigenvalue weighted by molar-refractivity contribution is -0.201. The minimum absolute atomic E-state index is 0.0105. The number of aromatic amines is 1. The van der Waals surface area contributed by atoms with E-state index in [-0.39, 0.29) is 24.2 Å². The van der Waals surface area contributed by atoms with Crippen molar-refractivity contribution in [1.29, 1.82) is 0 Å². The Morgan fingerprint density at radius 2 is 1.71 bits per heavy atom. The number of nitrogens with one attached hydrogen (secondary N) is 1. The van der Waals surface area contributed by atoms with Gasteiger partial charge in [0.2, 0.25) is 0 Å². The molecule has 1 aliphatic carbocycles. The lowest BCUT2D eigenvalue weighted by atomic mass is 9.44. The van der Waals surface area contributed by atoms with Gasteiger partial charge in [-0.3, -0.25) is 14.6 Å². The molecule has 12 nitrogen and oxygen atoms in total. The number of nitrogens with zero attached hydrogens (tertiary/aromatic N) is 3. The first kappa shape index (κ1) is 40.2. The molecule has 59 heavy (non-hydrogen) atoms. The average Bonchev–Trinajstić information content (AvgIpc) is 3.90. The second-order valence-electron chi connectivity index (χ2n) is 18.7. The maximum atomic E-state index is 15.3. The number of aliphatic hydroxyl groups is 2. The second kappa shape index (κ2) is 13.9. The van der Waals surface area contributed by atoms with Crippen LogP contribution in [0.4, 0.5) is 5.69 Å². The van der Waals surface area contributed by atoms with Crippen LogP contribution >= 0.6 is 0 Å². The highest BCUT2D eigenvalue weighted by molar-refractivity contribution is 5.95. The highest BCUT2D eigenvalue weighted by atomic mass is 16.5. The maximum Gasteiger partial charge on any atom is 0.340 e. The lowest BCUT2D eigenvalue weighted by Crippen LogP contribution is -2.78. The van der Waals surface area contributed by atoms with Gasteiger partial charge in [-0.1, -0.05) is 44.2 Å². The van der Waals surface area contributed by atoms with Crippen LogP contribution in [0.5, 0.6) is 5.75 Å². The molecular weight excluding hydrogens is 749 g/mol. The van der Waals surface area contributed by atoms with Crippen LogP contribution in [-0.4, -0.2) is 127 Å². The van der Waals surface area contributed by atoms with Gasteiger partial charge in [0.15, 0.2) is 5.60 Å². The van der Waals surface area contributed by atoms with Crippen molar-refractivity contribution in [2.75, 3.05) is 66.0 Å². The second-order valence-corrected chi connectivity index (χ2v) is 18.7. The van der Waals surface area contributed by atoms with Crippen molar-refractivity contribution in [3.8, 4) is 5.75 Å². The Balaban J connectivity index is 1.36. The number of carbonyl (C=O) groups excluding carboxylic acids is 3. The number of carbonyl (C=O) groups is 3. The van der Waals surface area contributed by atoms with E-state index >= 15 is 4.79 Å². The van der Waals surface area contributed by atoms with Crippen LogP contribution in [0.2, 0.25) is 0 Å². The fourth-order valence-electron chi connectivity index (χ4n) is 14.0. The molecule has 10 atom stereocenters. The van der Waals surface area contributed by atoms with Gasteiger partial charge in [0.05, 0.1) is 33.0 Å². The van der Waals surface area contributed by atoms with E-state index in [2.05, 4.69) is 46.0 Å². The van der Waals surface area contributed by atoms with Gasteiger partial charge < -0.3 is 39.1 Å². The van der Waals surface area contributed by atoms with Crippen LogP contribution in [0, 0.1) is 17.3 Å². The van der Waals surface area contributed by atoms with Crippen LogP contribution in [-0.2, 0) is 41.1 Å². The monoisotopic (exact) mass is 808 g/mol. The topological polar surface area (TPSA) is 145 Å². The summed E-state index contributed by atoms with van der Waals surface area (Å²) in [5, 5.41) is 26.5. The lowest BCUT2D eigenvalue weighted by Gasteiger charge is -2.64. The van der Waals surface area contributed by atoms with E-state index in [1.807, 2.05) is 43.1 Å². The molecule has 0 amide bonds. The van der Waals surface area contributed by atoms with E-state index in [0.29, 0.717) is 69.5 Å². The number of likely N-dealkylation sites (N-methyl/N-ethyl adjacent to an activating group) is 1. The normalized spacial score (nSPS) is 37.0. The number of fused-ring (bicyclic) bond motifs is 6. The van der Waals surface area contributed by atoms with Gasteiger partial charge in [-0.05, 0) is 81.2 Å². The summed E-state index contributed by atoms with van der Waals surface area (Å²) in [4.78, 5) is 53.7. The minimum Gasteiger partial charge on any atom is -0.496 e. The van der Waals surface area contributed by atoms with Crippen LogP contribution in [0.25, 0.3) is 10.9 Å². The van der Waals surface area contributed by atoms with Gasteiger partial charge in [0.1, 0.15) is 16.9 Å². The van der Waals surface area contributed by atoms with E-state index in [0.717, 1.165) is 46.5 Å². The van der Waals surface area contributed by atoms with Gasteiger partial charge in [-0.25, -0.2) is 4.79 Å². The molecule has 5 aliphatic heterocycles. The zero-order chi connectivity index (χ0) is 41.9. The summed E-state index contributed by atoms with van der Waals surface area (Å²) in [6, 6.07) is 11.3. The molecule has 3 fully saturated rings. The molecule has 6 aliphatic rings. The van der Waals surface area contributed by atoms with Gasteiger partial charge in [0, 0.05) is 96.4 Å². The number of esters is 2. The number of methoxy groups -OCH3 is 3. The molecule has 1 unspecified atom stereocenters. The van der Waals surface area contributed by atoms with Crippen molar-refractivity contribution in [2.24, 2.45) is 17.3 Å². The number of Topliss-reactive ketones (excluding diaryl/α,β-unsaturated/α-hetero) is 1. The first-order valence-corrected chi connectivity index (χ1v) is 21.5. The quantitative estimate of drug-likeness (QED) is 0.216. The molecule has 12 heteroatoms. The fourth-order valence-corrected chi connectivity index (χ4v) is 14.0. The zero-order valence-corrected chi connectivity index (χ0v) is 35.6. The Morgan fingerprint density at radius 1 is 0.949 bits per heavy atom. The smallest absolute Gasteiger partial charge is 0.340 e. The predicted molar refractivity (Wildman–Crippen MR) is 224 cm³/mol. The van der Waals surface area contributed by atoms with Crippen LogP contribution in [0.1, 0.15) is 81.7 Å². The molecule has 2 bridgehead atoms. The summed E-state index contributed by atoms with van der Waals surface area (Å²) in [6.45, 7) is 9.08. The number of benzene rings is 2. The largest absolute Gasteiger partial charge is 0.496 e. The highest BCUT2D eigenvalue weighted by Gasteiger charge is 2.79. The van der Waals surface area contributed by atoms with E-state index in [9.17, 15) is 19.8 Å². The van der Waals surface area contributed by atoms with Crippen molar-refractivity contribution in [3.05, 3.63) is 70.9 Å². The summed E-state index contributed by atoms with van der Waals surface area (Å²) in [5.74, 6) is -1.63. The van der Waals surface area contributed by atoms with Crippen LogP contribution < -0.4 is 9.64 Å². The van der Waals surface area contributed by atoms with E-state index in [1.54, 1.807) is 7.11 Å². The third-order valence-corrected chi connectivity index (χ3v) is 16.1. The van der Waals surface area contributed by atoms with Crippen molar-refractivity contribution >= 4 is 34.3 Å². The Bertz CT molecular complexity index is 2250. The first-order chi connectivity index (χ1) is 28.2. The Hall–Kier alpha value is -4.23. The van der Waals surface area contributed by atoms with E-state index in [1.165, 1.54) is 21.1 Å². The number of hydrogen-bond acceptors (Lipinski definition) is 11. The number of piperidine rings is 1. The van der Waals surface area contributed by atoms with Gasteiger partial charge in [-0.2, -0.15) is 0 Å². The number of hydrogen-bond donors (Lipinski definition) is 3. The standard InChI is InChI=1S/C47H60N4O8/c1-8-43(55)24-29-25-46(41(53)58-6,38-31(15-19-50(26-29)27-43)30-13-10-11-14-34(30)48-38)33-22-32-35(23-36(33)57-5)49(4)40-45(32)17-20-51-18-12-16-44(9-2,39(45)51)37(21-28(3)52)47(40,56)42(54)59-7/h10-14,16,22-23,29,37,39-40,48,55-56H,8-9,15,17-21,24-27H2,1-7H3/t29-,37+,39-,40+,43-,44-,45+,46-,47+/m0/s1. The zero-order valence-electron chi connectivity index (χ0n) is 35.6. The number of ether oxygens (including phenoxy) is 3. The Kier molecular flexibility index (Phi) is 9.47. The number of para-hydroxylation sites is 1. The van der Waals surface area contributed by atoms with Crippen molar-refractivity contribution in [3.63, 3.8) is 0 Å². The molecule has 1 aromatic heterocycles. The first-order valence-electron chi connectivity index (χ1n) is 21.5. The summed E-state index contributed by atoms with van der Waals surface area (Å²) in [7, 11) is 6.30. The number of rotatable bonds is 8. The number of anilines is 1. The Morgan fingerprint density at radius 3 is 2.41 bits per heavy atom. The SMILES string of the molecule is CC[C@]1(O)C[C@@H]2CN(CCc3c([nH]c4ccccc34)[C@@](C(=O)OC)(c3cc4c(cc3OC)N(C)[C@H]3[C@@](O)(C(=O)OC)[C@H](CC(C)=O)[C@]5(CC)C=CCN6CC[C@]43[C@@H]65)C2)C1. The Labute approximate surface area is 346 Å². The van der Waals surface area contributed by atoms with E-state index < -0.39 is 51.3 Å². The van der Waals surface area contributed by atoms with Crippen molar-refractivity contribution in [2.45, 2.75) is 99.8 Å². The van der Waals surface area contributed by atoms with Crippen molar-refractivity contribution < 1.29 is 38.8 Å². The van der Waals surface area contributed by atoms with Crippen LogP contribution in [0.3, 0.4) is 0 Å². The summed E-state index contributed by atoms with van der Waals surface area (Å²) in [5.41, 5.74) is -0.871. The molecule has 0 radical (unpaired) electrons. The van der Waals surface area contributed by atoms with Gasteiger partial charge in [0.25, 0.3) is 0 Å². The maximum absolute atomic E-state index is 15.3. The minimum atomic E-state index is -2.08. The fraction of sp³-hybridized carbons (Fsp3) is 0.596. The molecule has 316 valence electrons. The third kappa shape index (κ3) is 5.24. The predicted octanol–water partition coefficient (Wildman–Crippen LogP) is 4.65. The molecule has 2 saturated heterocycles. The van der Waals surface area contributed by atoms with Crippen molar-refractivity contribution in [1.82, 2.24) is 14.8 Å². The molecule has 3 aromatic rings.